The van der Waals surface area contributed by atoms with Gasteiger partial charge in [-0.05, 0) is 29.6 Å². The molecule has 0 aliphatic heterocycles. The molecule has 0 atom stereocenters. The van der Waals surface area contributed by atoms with Crippen molar-refractivity contribution in [2.24, 2.45) is 5.73 Å². The Labute approximate surface area is 140 Å². The van der Waals surface area contributed by atoms with Crippen LogP contribution in [0.1, 0.15) is 16.2 Å². The molecule has 0 fully saturated rings. The normalized spacial score (nSPS) is 10.3. The van der Waals surface area contributed by atoms with Crippen molar-refractivity contribution in [1.29, 1.82) is 0 Å². The highest BCUT2D eigenvalue weighted by atomic mass is 32.1. The second-order valence-electron chi connectivity index (χ2n) is 4.67. The van der Waals surface area contributed by atoms with Crippen molar-refractivity contribution in [2.45, 2.75) is 6.61 Å². The Bertz CT molecular complexity index is 860. The smallest absolute Gasteiger partial charge is 0.338 e. The van der Waals surface area contributed by atoms with E-state index in [1.165, 1.54) is 17.4 Å². The molecule has 0 radical (unpaired) electrons. The van der Waals surface area contributed by atoms with Crippen LogP contribution in [0.15, 0.2) is 45.6 Å². The molecule has 1 aromatic carbocycles. The van der Waals surface area contributed by atoms with Crippen LogP contribution in [0.3, 0.4) is 0 Å². The molecule has 0 aliphatic rings. The zero-order valence-electron chi connectivity index (χ0n) is 12.3. The number of thiophene rings is 1. The molecule has 3 aromatic rings. The third kappa shape index (κ3) is 3.76. The molecule has 122 valence electrons. The average molecular weight is 344 g/mol. The van der Waals surface area contributed by atoms with E-state index in [1.807, 2.05) is 16.8 Å². The predicted molar refractivity (Wildman–Crippen MR) is 86.4 cm³/mol. The fourth-order valence-electron chi connectivity index (χ4n) is 1.90. The summed E-state index contributed by atoms with van der Waals surface area (Å²) in [6.45, 7) is -0.149. The molecule has 8 nitrogen and oxygen atoms in total. The molecule has 0 saturated heterocycles. The molecule has 0 spiro atoms. The summed E-state index contributed by atoms with van der Waals surface area (Å²) >= 11 is 1.52. The zero-order valence-corrected chi connectivity index (χ0v) is 13.1. The van der Waals surface area contributed by atoms with Crippen LogP contribution >= 0.6 is 11.3 Å². The van der Waals surface area contributed by atoms with Crippen molar-refractivity contribution in [2.75, 3.05) is 5.32 Å². The summed E-state index contributed by atoms with van der Waals surface area (Å²) in [4.78, 5) is 27.0. The Hall–Kier alpha value is -3.20. The van der Waals surface area contributed by atoms with Crippen molar-refractivity contribution in [3.05, 3.63) is 52.5 Å². The summed E-state index contributed by atoms with van der Waals surface area (Å²) in [5, 5.41) is 10.00. The van der Waals surface area contributed by atoms with E-state index in [0.29, 0.717) is 11.5 Å². The number of nitrogens with one attached hydrogen (secondary N) is 1. The minimum atomic E-state index is -0.715. The number of primary amides is 1. The van der Waals surface area contributed by atoms with Gasteiger partial charge in [-0.25, -0.2) is 9.59 Å². The monoisotopic (exact) mass is 344 g/mol. The van der Waals surface area contributed by atoms with Crippen LogP contribution in [0.25, 0.3) is 11.4 Å². The van der Waals surface area contributed by atoms with Gasteiger partial charge in [0.15, 0.2) is 6.61 Å². The molecule has 0 saturated carbocycles. The van der Waals surface area contributed by atoms with E-state index >= 15 is 0 Å². The van der Waals surface area contributed by atoms with Gasteiger partial charge in [0.05, 0.1) is 5.56 Å². The Balaban J connectivity index is 1.62. The first-order valence-corrected chi connectivity index (χ1v) is 7.75. The Kier molecular flexibility index (Phi) is 4.52. The summed E-state index contributed by atoms with van der Waals surface area (Å²) in [6, 6.07) is 7.36. The number of anilines is 1. The third-order valence-electron chi connectivity index (χ3n) is 2.94. The Morgan fingerprint density at radius 2 is 2.21 bits per heavy atom. The van der Waals surface area contributed by atoms with Gasteiger partial charge in [-0.2, -0.15) is 16.3 Å². The molecule has 0 unspecified atom stereocenters. The molecule has 2 amide bonds. The molecular weight excluding hydrogens is 332 g/mol. The summed E-state index contributed by atoms with van der Waals surface area (Å²) < 4.78 is 10.2. The highest BCUT2D eigenvalue weighted by Gasteiger charge is 2.13. The number of benzene rings is 1. The molecular formula is C15H12N4O4S. The SMILES string of the molecule is NC(=O)Nc1cccc(C(=O)OCc2nc(-c3ccsc3)no2)c1. The first kappa shape index (κ1) is 15.7. The minimum Gasteiger partial charge on any atom is -0.452 e. The van der Waals surface area contributed by atoms with Gasteiger partial charge in [0.1, 0.15) is 0 Å². The molecule has 3 rings (SSSR count). The third-order valence-corrected chi connectivity index (χ3v) is 3.62. The van der Waals surface area contributed by atoms with E-state index in [1.54, 1.807) is 18.2 Å². The zero-order chi connectivity index (χ0) is 16.9. The van der Waals surface area contributed by atoms with Crippen molar-refractivity contribution in [3.8, 4) is 11.4 Å². The van der Waals surface area contributed by atoms with Crippen molar-refractivity contribution in [1.82, 2.24) is 10.1 Å². The van der Waals surface area contributed by atoms with E-state index in [2.05, 4.69) is 15.5 Å². The number of amides is 2. The number of esters is 1. The molecule has 0 bridgehead atoms. The lowest BCUT2D eigenvalue weighted by atomic mass is 10.2. The van der Waals surface area contributed by atoms with Crippen molar-refractivity contribution in [3.63, 3.8) is 0 Å². The van der Waals surface area contributed by atoms with E-state index in [9.17, 15) is 9.59 Å². The fraction of sp³-hybridized carbons (Fsp3) is 0.0667. The maximum atomic E-state index is 12.0. The van der Waals surface area contributed by atoms with Gasteiger partial charge in [-0.15, -0.1) is 0 Å². The van der Waals surface area contributed by atoms with Crippen molar-refractivity contribution >= 4 is 29.0 Å². The molecule has 3 N–H and O–H groups in total. The van der Waals surface area contributed by atoms with Gasteiger partial charge >= 0.3 is 12.0 Å². The lowest BCUT2D eigenvalue weighted by molar-refractivity contribution is 0.0430. The fourth-order valence-corrected chi connectivity index (χ4v) is 2.53. The first-order valence-electron chi connectivity index (χ1n) is 6.80. The molecule has 2 heterocycles. The number of aromatic nitrogens is 2. The van der Waals surface area contributed by atoms with Gasteiger partial charge in [0, 0.05) is 16.6 Å². The molecule has 2 aromatic heterocycles. The van der Waals surface area contributed by atoms with Crippen LogP contribution in [0.4, 0.5) is 10.5 Å². The summed E-state index contributed by atoms with van der Waals surface area (Å²) in [7, 11) is 0. The van der Waals surface area contributed by atoms with Gasteiger partial charge in [0.2, 0.25) is 5.82 Å². The van der Waals surface area contributed by atoms with E-state index in [0.717, 1.165) is 5.56 Å². The maximum absolute atomic E-state index is 12.0. The van der Waals surface area contributed by atoms with Crippen LogP contribution in [0, 0.1) is 0 Å². The highest BCUT2D eigenvalue weighted by Crippen LogP contribution is 2.19. The first-order chi connectivity index (χ1) is 11.6. The second-order valence-corrected chi connectivity index (χ2v) is 5.45. The van der Waals surface area contributed by atoms with E-state index in [4.69, 9.17) is 15.0 Å². The standard InChI is InChI=1S/C15H12N4O4S/c16-15(21)17-11-3-1-2-9(6-11)14(20)22-7-12-18-13(19-23-12)10-4-5-24-8-10/h1-6,8H,7H2,(H3,16,17,21). The number of carbonyl (C=O) groups is 2. The topological polar surface area (TPSA) is 120 Å². The molecule has 9 heteroatoms. The maximum Gasteiger partial charge on any atom is 0.338 e. The largest absolute Gasteiger partial charge is 0.452 e. The number of nitrogens with two attached hydrogens (primary N) is 1. The van der Waals surface area contributed by atoms with Gasteiger partial charge in [-0.3, -0.25) is 0 Å². The van der Waals surface area contributed by atoms with Crippen LogP contribution < -0.4 is 11.1 Å². The molecule has 0 aliphatic carbocycles. The quantitative estimate of drug-likeness (QED) is 0.686. The Morgan fingerprint density at radius 3 is 2.96 bits per heavy atom. The summed E-state index contributed by atoms with van der Waals surface area (Å²) in [6.07, 6.45) is 0. The summed E-state index contributed by atoms with van der Waals surface area (Å²) in [5.74, 6) is 0.0457. The number of nitrogens with zero attached hydrogens (tertiary/aromatic N) is 2. The van der Waals surface area contributed by atoms with Gasteiger partial charge in [-0.1, -0.05) is 11.2 Å². The Morgan fingerprint density at radius 1 is 1.33 bits per heavy atom. The van der Waals surface area contributed by atoms with Crippen molar-refractivity contribution < 1.29 is 18.8 Å². The van der Waals surface area contributed by atoms with E-state index < -0.39 is 12.0 Å². The van der Waals surface area contributed by atoms with Gasteiger partial charge < -0.3 is 20.3 Å². The molecule has 24 heavy (non-hydrogen) atoms. The lowest BCUT2D eigenvalue weighted by Crippen LogP contribution is -2.19. The lowest BCUT2D eigenvalue weighted by Gasteiger charge is -2.05. The van der Waals surface area contributed by atoms with Gasteiger partial charge in [0.25, 0.3) is 5.89 Å². The predicted octanol–water partition coefficient (Wildman–Crippen LogP) is 2.65. The number of ether oxygens (including phenoxy) is 1. The highest BCUT2D eigenvalue weighted by molar-refractivity contribution is 7.08. The number of hydrogen-bond donors (Lipinski definition) is 2. The summed E-state index contributed by atoms with van der Waals surface area (Å²) in [5.41, 5.74) is 6.53. The van der Waals surface area contributed by atoms with Crippen LogP contribution in [-0.4, -0.2) is 22.1 Å². The van der Waals surface area contributed by atoms with Crippen LogP contribution in [-0.2, 0) is 11.3 Å². The number of urea groups is 1. The number of carbonyl (C=O) groups excluding carboxylic acids is 2. The van der Waals surface area contributed by atoms with Crippen LogP contribution in [0.2, 0.25) is 0 Å². The number of rotatable bonds is 5. The minimum absolute atomic E-state index is 0.149. The van der Waals surface area contributed by atoms with E-state index in [-0.39, 0.29) is 18.1 Å². The number of hydrogen-bond acceptors (Lipinski definition) is 7. The average Bonchev–Trinajstić information content (AvgIpc) is 3.23. The second kappa shape index (κ2) is 6.92. The van der Waals surface area contributed by atoms with Crippen LogP contribution in [0.5, 0.6) is 0 Å².